The number of carbonyl (C=O) groups is 1. The summed E-state index contributed by atoms with van der Waals surface area (Å²) in [6.45, 7) is 1.89. The van der Waals surface area contributed by atoms with Crippen LogP contribution >= 0.6 is 0 Å². The Morgan fingerprint density at radius 2 is 2.05 bits per heavy atom. The van der Waals surface area contributed by atoms with Gasteiger partial charge >= 0.3 is 0 Å². The van der Waals surface area contributed by atoms with E-state index in [1.807, 2.05) is 23.1 Å². The summed E-state index contributed by atoms with van der Waals surface area (Å²) in [7, 11) is 1.58. The standard InChI is InChI=1S/C16H23NO4/c1-20-15-11-13(5-4-10-18)6-7-14(15)21-12-16(19)17-8-2-3-9-17/h6-7,11,18H,2-5,8-10,12H2,1H3. The van der Waals surface area contributed by atoms with Crippen LogP contribution in [0.2, 0.25) is 0 Å². The van der Waals surface area contributed by atoms with E-state index in [4.69, 9.17) is 14.6 Å². The number of aliphatic hydroxyl groups excluding tert-OH is 1. The summed E-state index contributed by atoms with van der Waals surface area (Å²) in [6, 6.07) is 5.65. The monoisotopic (exact) mass is 293 g/mol. The van der Waals surface area contributed by atoms with Crippen LogP contribution in [0.4, 0.5) is 0 Å². The molecular weight excluding hydrogens is 270 g/mol. The third-order valence-corrected chi connectivity index (χ3v) is 3.66. The molecule has 1 fully saturated rings. The van der Waals surface area contributed by atoms with E-state index >= 15 is 0 Å². The highest BCUT2D eigenvalue weighted by Gasteiger charge is 2.18. The summed E-state index contributed by atoms with van der Waals surface area (Å²) < 4.78 is 10.9. The highest BCUT2D eigenvalue weighted by molar-refractivity contribution is 5.78. The minimum absolute atomic E-state index is 0.0268. The molecule has 21 heavy (non-hydrogen) atoms. The van der Waals surface area contributed by atoms with Gasteiger partial charge in [0.25, 0.3) is 5.91 Å². The topological polar surface area (TPSA) is 59.0 Å². The summed E-state index contributed by atoms with van der Waals surface area (Å²) >= 11 is 0. The largest absolute Gasteiger partial charge is 0.493 e. The molecule has 1 aromatic rings. The van der Waals surface area contributed by atoms with Gasteiger partial charge in [0.15, 0.2) is 18.1 Å². The van der Waals surface area contributed by atoms with Crippen molar-refractivity contribution in [3.8, 4) is 11.5 Å². The number of likely N-dealkylation sites (tertiary alicyclic amines) is 1. The SMILES string of the molecule is COc1cc(CCCO)ccc1OCC(=O)N1CCCC1. The average molecular weight is 293 g/mol. The molecule has 0 spiro atoms. The second-order valence-electron chi connectivity index (χ2n) is 5.19. The van der Waals surface area contributed by atoms with Crippen LogP contribution in [-0.4, -0.2) is 49.3 Å². The van der Waals surface area contributed by atoms with E-state index in [1.165, 1.54) is 0 Å². The van der Waals surface area contributed by atoms with Gasteiger partial charge in [-0.2, -0.15) is 0 Å². The Morgan fingerprint density at radius 3 is 2.71 bits per heavy atom. The number of aryl methyl sites for hydroxylation is 1. The third kappa shape index (κ3) is 4.36. The van der Waals surface area contributed by atoms with E-state index < -0.39 is 0 Å². The Bertz CT molecular complexity index is 469. The van der Waals surface area contributed by atoms with E-state index in [2.05, 4.69) is 0 Å². The second kappa shape index (κ2) is 7.88. The molecule has 1 aromatic carbocycles. The lowest BCUT2D eigenvalue weighted by Gasteiger charge is -2.17. The van der Waals surface area contributed by atoms with Gasteiger partial charge in [0.1, 0.15) is 0 Å². The predicted molar refractivity (Wildman–Crippen MR) is 79.7 cm³/mol. The quantitative estimate of drug-likeness (QED) is 0.830. The van der Waals surface area contributed by atoms with Gasteiger partial charge in [-0.15, -0.1) is 0 Å². The van der Waals surface area contributed by atoms with Crippen molar-refractivity contribution in [3.63, 3.8) is 0 Å². The Labute approximate surface area is 125 Å². The number of nitrogens with zero attached hydrogens (tertiary/aromatic N) is 1. The van der Waals surface area contributed by atoms with Crippen molar-refractivity contribution in [2.45, 2.75) is 25.7 Å². The van der Waals surface area contributed by atoms with Crippen LogP contribution in [0.1, 0.15) is 24.8 Å². The van der Waals surface area contributed by atoms with Gasteiger partial charge in [-0.1, -0.05) is 6.07 Å². The summed E-state index contributed by atoms with van der Waals surface area (Å²) in [5.74, 6) is 1.23. The lowest BCUT2D eigenvalue weighted by Crippen LogP contribution is -2.32. The molecule has 1 heterocycles. The van der Waals surface area contributed by atoms with E-state index in [1.54, 1.807) is 7.11 Å². The van der Waals surface area contributed by atoms with Crippen LogP contribution in [-0.2, 0) is 11.2 Å². The van der Waals surface area contributed by atoms with E-state index in [9.17, 15) is 4.79 Å². The van der Waals surface area contributed by atoms with Crippen molar-refractivity contribution in [2.24, 2.45) is 0 Å². The van der Waals surface area contributed by atoms with E-state index in [-0.39, 0.29) is 19.1 Å². The molecule has 1 amide bonds. The number of hydrogen-bond donors (Lipinski definition) is 1. The fraction of sp³-hybridized carbons (Fsp3) is 0.562. The molecule has 116 valence electrons. The fourth-order valence-electron chi connectivity index (χ4n) is 2.47. The van der Waals surface area contributed by atoms with Crippen molar-refractivity contribution in [1.82, 2.24) is 4.90 Å². The van der Waals surface area contributed by atoms with Gasteiger partial charge in [-0.05, 0) is 43.4 Å². The lowest BCUT2D eigenvalue weighted by molar-refractivity contribution is -0.132. The molecule has 0 aromatic heterocycles. The first-order chi connectivity index (χ1) is 10.2. The Morgan fingerprint density at radius 1 is 1.29 bits per heavy atom. The maximum Gasteiger partial charge on any atom is 0.260 e. The average Bonchev–Trinajstić information content (AvgIpc) is 3.05. The number of rotatable bonds is 7. The number of benzene rings is 1. The highest BCUT2D eigenvalue weighted by Crippen LogP contribution is 2.28. The third-order valence-electron chi connectivity index (χ3n) is 3.66. The van der Waals surface area contributed by atoms with Crippen LogP contribution in [0.25, 0.3) is 0 Å². The van der Waals surface area contributed by atoms with Crippen LogP contribution in [0.5, 0.6) is 11.5 Å². The van der Waals surface area contributed by atoms with Crippen LogP contribution in [0.3, 0.4) is 0 Å². The molecule has 0 atom stereocenters. The first kappa shape index (κ1) is 15.6. The van der Waals surface area contributed by atoms with Crippen molar-refractivity contribution >= 4 is 5.91 Å². The van der Waals surface area contributed by atoms with Crippen LogP contribution < -0.4 is 9.47 Å². The minimum atomic E-state index is 0.0268. The summed E-state index contributed by atoms with van der Waals surface area (Å²) in [4.78, 5) is 13.8. The van der Waals surface area contributed by atoms with Gasteiger partial charge in [0.05, 0.1) is 7.11 Å². The Balaban J connectivity index is 1.93. The molecule has 5 heteroatoms. The van der Waals surface area contributed by atoms with Gasteiger partial charge < -0.3 is 19.5 Å². The van der Waals surface area contributed by atoms with Crippen LogP contribution in [0, 0.1) is 0 Å². The van der Waals surface area contributed by atoms with Crippen molar-refractivity contribution in [1.29, 1.82) is 0 Å². The summed E-state index contributed by atoms with van der Waals surface area (Å²) in [5, 5.41) is 8.86. The van der Waals surface area contributed by atoms with Gasteiger partial charge in [0.2, 0.25) is 0 Å². The molecule has 0 bridgehead atoms. The first-order valence-electron chi connectivity index (χ1n) is 7.43. The maximum atomic E-state index is 12.0. The molecule has 0 saturated carbocycles. The number of amides is 1. The molecule has 1 aliphatic heterocycles. The molecule has 2 rings (SSSR count). The van der Waals surface area contributed by atoms with E-state index in [0.29, 0.717) is 11.5 Å². The molecule has 5 nitrogen and oxygen atoms in total. The zero-order chi connectivity index (χ0) is 15.1. The number of ether oxygens (including phenoxy) is 2. The van der Waals surface area contributed by atoms with Crippen molar-refractivity contribution < 1.29 is 19.4 Å². The molecule has 1 aliphatic rings. The molecule has 1 N–H and O–H groups in total. The van der Waals surface area contributed by atoms with Crippen molar-refractivity contribution in [3.05, 3.63) is 23.8 Å². The summed E-state index contributed by atoms with van der Waals surface area (Å²) in [5.41, 5.74) is 1.08. The van der Waals surface area contributed by atoms with Gasteiger partial charge in [-0.3, -0.25) is 4.79 Å². The summed E-state index contributed by atoms with van der Waals surface area (Å²) in [6.07, 6.45) is 3.67. The highest BCUT2D eigenvalue weighted by atomic mass is 16.5. The van der Waals surface area contributed by atoms with Crippen LogP contribution in [0.15, 0.2) is 18.2 Å². The van der Waals surface area contributed by atoms with Gasteiger partial charge in [-0.25, -0.2) is 0 Å². The normalized spacial score (nSPS) is 14.3. The first-order valence-corrected chi connectivity index (χ1v) is 7.43. The van der Waals surface area contributed by atoms with E-state index in [0.717, 1.165) is 44.3 Å². The smallest absolute Gasteiger partial charge is 0.260 e. The van der Waals surface area contributed by atoms with Crippen molar-refractivity contribution in [2.75, 3.05) is 33.4 Å². The Kier molecular flexibility index (Phi) is 5.87. The zero-order valence-electron chi connectivity index (χ0n) is 12.5. The number of hydrogen-bond acceptors (Lipinski definition) is 4. The number of methoxy groups -OCH3 is 1. The molecule has 0 radical (unpaired) electrons. The molecule has 1 saturated heterocycles. The zero-order valence-corrected chi connectivity index (χ0v) is 12.5. The molecular formula is C16H23NO4. The number of carbonyl (C=O) groups excluding carboxylic acids is 1. The second-order valence-corrected chi connectivity index (χ2v) is 5.19. The van der Waals surface area contributed by atoms with Gasteiger partial charge in [0, 0.05) is 19.7 Å². The Hall–Kier alpha value is -1.75. The molecule has 0 aliphatic carbocycles. The predicted octanol–water partition coefficient (Wildman–Crippen LogP) is 1.62. The minimum Gasteiger partial charge on any atom is -0.493 e. The number of aliphatic hydroxyl groups is 1. The fourth-order valence-corrected chi connectivity index (χ4v) is 2.47. The molecule has 0 unspecified atom stereocenters. The lowest BCUT2D eigenvalue weighted by atomic mass is 10.1. The maximum absolute atomic E-state index is 12.0.